The predicted molar refractivity (Wildman–Crippen MR) is 36.3 cm³/mol. The number of rotatable bonds is 1. The van der Waals surface area contributed by atoms with E-state index in [-0.39, 0.29) is 5.60 Å². The fraction of sp³-hybridized carbons (Fsp3) is 0.750. The van der Waals surface area contributed by atoms with E-state index in [0.717, 1.165) is 0 Å². The molecule has 2 fully saturated rings. The Bertz CT molecular complexity index is 142. The zero-order valence-electron chi connectivity index (χ0n) is 5.60. The molecule has 0 bridgehead atoms. The third kappa shape index (κ3) is 0.645. The molecule has 0 radical (unpaired) electrons. The first-order chi connectivity index (χ1) is 4.37. The first kappa shape index (κ1) is 5.48. The highest BCUT2D eigenvalue weighted by Gasteiger charge is 2.54. The standard InChI is InChI=1S/C8H12O/c1-2-8-6-4-3-5-7(8)9-8/h2,7H,1,3-6H2/t7?,8-/m1/s1. The molecule has 1 heteroatoms. The van der Waals surface area contributed by atoms with E-state index in [9.17, 15) is 0 Å². The van der Waals surface area contributed by atoms with Gasteiger partial charge in [0, 0.05) is 0 Å². The summed E-state index contributed by atoms with van der Waals surface area (Å²) in [5.41, 5.74) is 0.151. The van der Waals surface area contributed by atoms with E-state index in [1.165, 1.54) is 25.7 Å². The summed E-state index contributed by atoms with van der Waals surface area (Å²) in [6.07, 6.45) is 7.66. The maximum absolute atomic E-state index is 5.50. The van der Waals surface area contributed by atoms with Crippen LogP contribution >= 0.6 is 0 Å². The van der Waals surface area contributed by atoms with Crippen LogP contribution < -0.4 is 0 Å². The van der Waals surface area contributed by atoms with Crippen molar-refractivity contribution in [3.63, 3.8) is 0 Å². The Morgan fingerprint density at radius 1 is 1.56 bits per heavy atom. The topological polar surface area (TPSA) is 12.5 Å². The Labute approximate surface area is 55.7 Å². The van der Waals surface area contributed by atoms with Crippen LogP contribution in [-0.2, 0) is 4.74 Å². The monoisotopic (exact) mass is 124 g/mol. The number of epoxide rings is 1. The molecular formula is C8H12O. The van der Waals surface area contributed by atoms with Crippen LogP contribution in [-0.4, -0.2) is 11.7 Å². The van der Waals surface area contributed by atoms with Gasteiger partial charge in [-0.25, -0.2) is 0 Å². The van der Waals surface area contributed by atoms with Crippen LogP contribution in [0.25, 0.3) is 0 Å². The maximum Gasteiger partial charge on any atom is 0.113 e. The summed E-state index contributed by atoms with van der Waals surface area (Å²) in [5.74, 6) is 0. The molecule has 0 amide bonds. The van der Waals surface area contributed by atoms with Crippen LogP contribution in [0.2, 0.25) is 0 Å². The fourth-order valence-corrected chi connectivity index (χ4v) is 1.77. The van der Waals surface area contributed by atoms with Crippen molar-refractivity contribution in [3.8, 4) is 0 Å². The quantitative estimate of drug-likeness (QED) is 0.384. The van der Waals surface area contributed by atoms with Crippen molar-refractivity contribution in [2.24, 2.45) is 0 Å². The highest BCUT2D eigenvalue weighted by molar-refractivity contribution is 5.15. The van der Waals surface area contributed by atoms with Crippen molar-refractivity contribution >= 4 is 0 Å². The minimum Gasteiger partial charge on any atom is -0.362 e. The Kier molecular flexibility index (Phi) is 0.974. The van der Waals surface area contributed by atoms with Crippen molar-refractivity contribution in [2.75, 3.05) is 0 Å². The second-order valence-corrected chi connectivity index (χ2v) is 3.01. The minimum atomic E-state index is 0.151. The van der Waals surface area contributed by atoms with Gasteiger partial charge in [-0.2, -0.15) is 0 Å². The lowest BCUT2D eigenvalue weighted by molar-refractivity contribution is 0.329. The van der Waals surface area contributed by atoms with Gasteiger partial charge in [-0.15, -0.1) is 6.58 Å². The molecule has 9 heavy (non-hydrogen) atoms. The van der Waals surface area contributed by atoms with E-state index in [1.807, 2.05) is 6.08 Å². The van der Waals surface area contributed by atoms with Crippen molar-refractivity contribution < 1.29 is 4.74 Å². The smallest absolute Gasteiger partial charge is 0.113 e. The summed E-state index contributed by atoms with van der Waals surface area (Å²) < 4.78 is 5.50. The number of hydrogen-bond acceptors (Lipinski definition) is 1. The van der Waals surface area contributed by atoms with Crippen LogP contribution in [0, 0.1) is 0 Å². The van der Waals surface area contributed by atoms with Crippen LogP contribution in [0.15, 0.2) is 12.7 Å². The summed E-state index contributed by atoms with van der Waals surface area (Å²) in [6.45, 7) is 3.77. The Morgan fingerprint density at radius 2 is 2.44 bits per heavy atom. The molecule has 1 saturated carbocycles. The van der Waals surface area contributed by atoms with E-state index in [2.05, 4.69) is 6.58 Å². The first-order valence-electron chi connectivity index (χ1n) is 3.69. The zero-order valence-corrected chi connectivity index (χ0v) is 5.60. The SMILES string of the molecule is C=C[C@@]12CCCCC1O2. The molecule has 0 aromatic rings. The van der Waals surface area contributed by atoms with Gasteiger partial charge < -0.3 is 4.74 Å². The van der Waals surface area contributed by atoms with Gasteiger partial charge in [0.1, 0.15) is 5.60 Å². The molecular weight excluding hydrogens is 112 g/mol. The maximum atomic E-state index is 5.50. The van der Waals surface area contributed by atoms with Gasteiger partial charge in [0.05, 0.1) is 6.10 Å². The van der Waals surface area contributed by atoms with Gasteiger partial charge in [0.2, 0.25) is 0 Å². The molecule has 2 atom stereocenters. The molecule has 2 aliphatic rings. The molecule has 0 aromatic carbocycles. The Morgan fingerprint density at radius 3 is 3.00 bits per heavy atom. The minimum absolute atomic E-state index is 0.151. The Balaban J connectivity index is 2.09. The van der Waals surface area contributed by atoms with Crippen LogP contribution in [0.5, 0.6) is 0 Å². The molecule has 1 aliphatic heterocycles. The van der Waals surface area contributed by atoms with Gasteiger partial charge >= 0.3 is 0 Å². The largest absolute Gasteiger partial charge is 0.362 e. The zero-order chi connectivity index (χ0) is 6.32. The summed E-state index contributed by atoms with van der Waals surface area (Å²) in [4.78, 5) is 0. The predicted octanol–water partition coefficient (Wildman–Crippen LogP) is 1.88. The second-order valence-electron chi connectivity index (χ2n) is 3.01. The van der Waals surface area contributed by atoms with Gasteiger partial charge in [-0.05, 0) is 12.8 Å². The number of ether oxygens (including phenoxy) is 1. The molecule has 1 heterocycles. The van der Waals surface area contributed by atoms with Crippen molar-refractivity contribution in [2.45, 2.75) is 37.4 Å². The summed E-state index contributed by atoms with van der Waals surface area (Å²) in [7, 11) is 0. The second kappa shape index (κ2) is 1.60. The van der Waals surface area contributed by atoms with Crippen LogP contribution in [0.4, 0.5) is 0 Å². The lowest BCUT2D eigenvalue weighted by Crippen LogP contribution is -2.15. The lowest BCUT2D eigenvalue weighted by Gasteiger charge is -2.11. The normalized spacial score (nSPS) is 47.8. The van der Waals surface area contributed by atoms with Crippen LogP contribution in [0.1, 0.15) is 25.7 Å². The van der Waals surface area contributed by atoms with E-state index >= 15 is 0 Å². The van der Waals surface area contributed by atoms with E-state index in [4.69, 9.17) is 4.74 Å². The van der Waals surface area contributed by atoms with Gasteiger partial charge in [-0.1, -0.05) is 18.9 Å². The average molecular weight is 124 g/mol. The van der Waals surface area contributed by atoms with Crippen molar-refractivity contribution in [1.82, 2.24) is 0 Å². The third-order valence-corrected chi connectivity index (χ3v) is 2.48. The summed E-state index contributed by atoms with van der Waals surface area (Å²) in [6, 6.07) is 0. The van der Waals surface area contributed by atoms with E-state index in [0.29, 0.717) is 6.10 Å². The molecule has 1 nitrogen and oxygen atoms in total. The number of hydrogen-bond donors (Lipinski definition) is 0. The van der Waals surface area contributed by atoms with Gasteiger partial charge in [0.15, 0.2) is 0 Å². The Hall–Kier alpha value is -0.300. The average Bonchev–Trinajstić information content (AvgIpc) is 2.62. The molecule has 1 unspecified atom stereocenters. The summed E-state index contributed by atoms with van der Waals surface area (Å²) in [5, 5.41) is 0. The number of fused-ring (bicyclic) bond motifs is 1. The molecule has 0 spiro atoms. The molecule has 0 aromatic heterocycles. The lowest BCUT2D eigenvalue weighted by atomic mass is 9.89. The third-order valence-electron chi connectivity index (χ3n) is 2.48. The molecule has 2 rings (SSSR count). The highest BCUT2D eigenvalue weighted by Crippen LogP contribution is 2.48. The van der Waals surface area contributed by atoms with E-state index < -0.39 is 0 Å². The molecule has 50 valence electrons. The van der Waals surface area contributed by atoms with Crippen molar-refractivity contribution in [1.29, 1.82) is 0 Å². The van der Waals surface area contributed by atoms with Crippen molar-refractivity contribution in [3.05, 3.63) is 12.7 Å². The highest BCUT2D eigenvalue weighted by atomic mass is 16.6. The van der Waals surface area contributed by atoms with Gasteiger partial charge in [0.25, 0.3) is 0 Å². The first-order valence-corrected chi connectivity index (χ1v) is 3.69. The van der Waals surface area contributed by atoms with Gasteiger partial charge in [-0.3, -0.25) is 0 Å². The van der Waals surface area contributed by atoms with E-state index in [1.54, 1.807) is 0 Å². The summed E-state index contributed by atoms with van der Waals surface area (Å²) >= 11 is 0. The fourth-order valence-electron chi connectivity index (χ4n) is 1.77. The molecule has 1 saturated heterocycles. The molecule has 1 aliphatic carbocycles. The molecule has 0 N–H and O–H groups in total. The van der Waals surface area contributed by atoms with Crippen LogP contribution in [0.3, 0.4) is 0 Å².